The first-order chi connectivity index (χ1) is 8.66. The molecule has 2 heterocycles. The standard InChI is InChI=1S/C13H20N4O/c1-10(2)15-12(18)11-6-7-14-13(16-11)17-8-4-3-5-9-17/h6-7,10H,3-5,8-9H2,1-2H3,(H,15,18). The van der Waals surface area contributed by atoms with Crippen LogP contribution in [0.4, 0.5) is 5.95 Å². The lowest BCUT2D eigenvalue weighted by Gasteiger charge is -2.26. The lowest BCUT2D eigenvalue weighted by Crippen LogP contribution is -2.33. The number of amides is 1. The predicted octanol–water partition coefficient (Wildman–Crippen LogP) is 1.61. The Labute approximate surface area is 108 Å². The van der Waals surface area contributed by atoms with E-state index in [1.54, 1.807) is 12.3 Å². The minimum atomic E-state index is -0.134. The second kappa shape index (κ2) is 5.80. The van der Waals surface area contributed by atoms with Gasteiger partial charge >= 0.3 is 0 Å². The van der Waals surface area contributed by atoms with E-state index in [4.69, 9.17) is 0 Å². The molecule has 1 fully saturated rings. The Morgan fingerprint density at radius 2 is 2.06 bits per heavy atom. The van der Waals surface area contributed by atoms with Crippen molar-refractivity contribution in [1.82, 2.24) is 15.3 Å². The number of aromatic nitrogens is 2. The van der Waals surface area contributed by atoms with E-state index in [1.807, 2.05) is 13.8 Å². The average molecular weight is 248 g/mol. The van der Waals surface area contributed by atoms with E-state index in [1.165, 1.54) is 19.3 Å². The summed E-state index contributed by atoms with van der Waals surface area (Å²) in [6.07, 6.45) is 5.27. The van der Waals surface area contributed by atoms with E-state index in [0.29, 0.717) is 11.6 Å². The highest BCUT2D eigenvalue weighted by atomic mass is 16.1. The van der Waals surface area contributed by atoms with Crippen molar-refractivity contribution in [3.63, 3.8) is 0 Å². The fraction of sp³-hybridized carbons (Fsp3) is 0.615. The second-order valence-electron chi connectivity index (χ2n) is 4.92. The summed E-state index contributed by atoms with van der Waals surface area (Å²) >= 11 is 0. The molecular formula is C13H20N4O. The number of rotatable bonds is 3. The van der Waals surface area contributed by atoms with Crippen LogP contribution in [0.3, 0.4) is 0 Å². The molecule has 0 bridgehead atoms. The van der Waals surface area contributed by atoms with Crippen molar-refractivity contribution in [1.29, 1.82) is 0 Å². The highest BCUT2D eigenvalue weighted by molar-refractivity contribution is 5.92. The summed E-state index contributed by atoms with van der Waals surface area (Å²) in [4.78, 5) is 22.6. The van der Waals surface area contributed by atoms with Gasteiger partial charge in [-0.15, -0.1) is 0 Å². The molecule has 5 heteroatoms. The fourth-order valence-electron chi connectivity index (χ4n) is 2.06. The lowest BCUT2D eigenvalue weighted by molar-refractivity contribution is 0.0938. The monoisotopic (exact) mass is 248 g/mol. The number of piperidine rings is 1. The zero-order chi connectivity index (χ0) is 13.0. The van der Waals surface area contributed by atoms with E-state index >= 15 is 0 Å². The van der Waals surface area contributed by atoms with Gasteiger partial charge in [0.05, 0.1) is 0 Å². The fourth-order valence-corrected chi connectivity index (χ4v) is 2.06. The van der Waals surface area contributed by atoms with Crippen molar-refractivity contribution in [2.75, 3.05) is 18.0 Å². The molecule has 0 spiro atoms. The first kappa shape index (κ1) is 12.8. The molecule has 0 aliphatic carbocycles. The molecule has 5 nitrogen and oxygen atoms in total. The number of nitrogens with zero attached hydrogens (tertiary/aromatic N) is 3. The second-order valence-corrected chi connectivity index (χ2v) is 4.92. The van der Waals surface area contributed by atoms with Gasteiger partial charge in [-0.05, 0) is 39.2 Å². The van der Waals surface area contributed by atoms with Crippen LogP contribution in [0.25, 0.3) is 0 Å². The third-order valence-corrected chi connectivity index (χ3v) is 2.93. The van der Waals surface area contributed by atoms with E-state index in [9.17, 15) is 4.79 Å². The third-order valence-electron chi connectivity index (χ3n) is 2.93. The minimum Gasteiger partial charge on any atom is -0.349 e. The largest absolute Gasteiger partial charge is 0.349 e. The predicted molar refractivity (Wildman–Crippen MR) is 70.7 cm³/mol. The smallest absolute Gasteiger partial charge is 0.270 e. The minimum absolute atomic E-state index is 0.117. The lowest BCUT2D eigenvalue weighted by atomic mass is 10.1. The van der Waals surface area contributed by atoms with E-state index < -0.39 is 0 Å². The van der Waals surface area contributed by atoms with Crippen LogP contribution < -0.4 is 10.2 Å². The third kappa shape index (κ3) is 3.18. The van der Waals surface area contributed by atoms with Crippen molar-refractivity contribution in [2.45, 2.75) is 39.2 Å². The normalized spacial score (nSPS) is 15.8. The Balaban J connectivity index is 2.11. The summed E-state index contributed by atoms with van der Waals surface area (Å²) in [5, 5.41) is 2.84. The van der Waals surface area contributed by atoms with Gasteiger partial charge in [-0.25, -0.2) is 9.97 Å². The van der Waals surface area contributed by atoms with Gasteiger partial charge < -0.3 is 10.2 Å². The molecule has 1 aliphatic rings. The van der Waals surface area contributed by atoms with Gasteiger partial charge in [0.15, 0.2) is 0 Å². The van der Waals surface area contributed by atoms with Gasteiger partial charge in [-0.1, -0.05) is 0 Å². The number of anilines is 1. The van der Waals surface area contributed by atoms with E-state index in [0.717, 1.165) is 13.1 Å². The van der Waals surface area contributed by atoms with Crippen LogP contribution in [0.2, 0.25) is 0 Å². The SMILES string of the molecule is CC(C)NC(=O)c1ccnc(N2CCCCC2)n1. The van der Waals surface area contributed by atoms with Crippen LogP contribution in [0.15, 0.2) is 12.3 Å². The highest BCUT2D eigenvalue weighted by Gasteiger charge is 2.15. The Kier molecular flexibility index (Phi) is 4.12. The maximum Gasteiger partial charge on any atom is 0.270 e. The number of carbonyl (C=O) groups excluding carboxylic acids is 1. The molecule has 1 aliphatic heterocycles. The number of hydrogen-bond acceptors (Lipinski definition) is 4. The number of nitrogens with one attached hydrogen (secondary N) is 1. The Bertz CT molecular complexity index is 413. The van der Waals surface area contributed by atoms with Crippen LogP contribution in [0.1, 0.15) is 43.6 Å². The quantitative estimate of drug-likeness (QED) is 0.882. The van der Waals surface area contributed by atoms with Gasteiger partial charge in [-0.3, -0.25) is 4.79 Å². The van der Waals surface area contributed by atoms with Crippen LogP contribution in [-0.2, 0) is 0 Å². The van der Waals surface area contributed by atoms with Crippen molar-refractivity contribution in [3.8, 4) is 0 Å². The first-order valence-corrected chi connectivity index (χ1v) is 6.55. The molecule has 98 valence electrons. The maximum atomic E-state index is 11.9. The Morgan fingerprint density at radius 3 is 2.72 bits per heavy atom. The molecule has 1 saturated heterocycles. The highest BCUT2D eigenvalue weighted by Crippen LogP contribution is 2.15. The van der Waals surface area contributed by atoms with E-state index in [2.05, 4.69) is 20.2 Å². The number of hydrogen-bond donors (Lipinski definition) is 1. The molecule has 0 radical (unpaired) electrons. The van der Waals surface area contributed by atoms with Gasteiger partial charge in [-0.2, -0.15) is 0 Å². The molecule has 1 aromatic rings. The summed E-state index contributed by atoms with van der Waals surface area (Å²) in [7, 11) is 0. The summed E-state index contributed by atoms with van der Waals surface area (Å²) in [5.74, 6) is 0.539. The molecular weight excluding hydrogens is 228 g/mol. The summed E-state index contributed by atoms with van der Waals surface area (Å²) in [6.45, 7) is 5.83. The Morgan fingerprint density at radius 1 is 1.33 bits per heavy atom. The van der Waals surface area contributed by atoms with Gasteiger partial charge in [0.1, 0.15) is 5.69 Å². The number of carbonyl (C=O) groups is 1. The summed E-state index contributed by atoms with van der Waals surface area (Å²) in [5.41, 5.74) is 0.444. The van der Waals surface area contributed by atoms with Crippen LogP contribution in [0.5, 0.6) is 0 Å². The molecule has 18 heavy (non-hydrogen) atoms. The van der Waals surface area contributed by atoms with Gasteiger partial charge in [0, 0.05) is 25.3 Å². The van der Waals surface area contributed by atoms with Crippen LogP contribution in [0, 0.1) is 0 Å². The summed E-state index contributed by atoms with van der Waals surface area (Å²) in [6, 6.07) is 1.77. The van der Waals surface area contributed by atoms with Gasteiger partial charge in [0.2, 0.25) is 5.95 Å². The Hall–Kier alpha value is -1.65. The average Bonchev–Trinajstić information content (AvgIpc) is 2.39. The topological polar surface area (TPSA) is 58.1 Å². The molecule has 0 unspecified atom stereocenters. The molecule has 0 aromatic carbocycles. The molecule has 1 N–H and O–H groups in total. The van der Waals surface area contributed by atoms with Crippen molar-refractivity contribution < 1.29 is 4.79 Å². The molecule has 0 saturated carbocycles. The van der Waals surface area contributed by atoms with Crippen molar-refractivity contribution in [3.05, 3.63) is 18.0 Å². The maximum absolute atomic E-state index is 11.9. The van der Waals surface area contributed by atoms with E-state index in [-0.39, 0.29) is 11.9 Å². The molecule has 1 aromatic heterocycles. The summed E-state index contributed by atoms with van der Waals surface area (Å²) < 4.78 is 0. The van der Waals surface area contributed by atoms with Gasteiger partial charge in [0.25, 0.3) is 5.91 Å². The molecule has 0 atom stereocenters. The first-order valence-electron chi connectivity index (χ1n) is 6.55. The zero-order valence-corrected chi connectivity index (χ0v) is 11.0. The van der Waals surface area contributed by atoms with Crippen LogP contribution in [-0.4, -0.2) is 35.0 Å². The van der Waals surface area contributed by atoms with Crippen molar-refractivity contribution >= 4 is 11.9 Å². The molecule has 2 rings (SSSR count). The van der Waals surface area contributed by atoms with Crippen molar-refractivity contribution in [2.24, 2.45) is 0 Å². The van der Waals surface area contributed by atoms with Crippen LogP contribution >= 0.6 is 0 Å². The zero-order valence-electron chi connectivity index (χ0n) is 11.0. The molecule has 1 amide bonds.